The Morgan fingerprint density at radius 1 is 1.13 bits per heavy atom. The maximum absolute atomic E-state index is 5.81. The Balaban J connectivity index is 1.40. The number of aromatic nitrogens is 3. The molecule has 0 amide bonds. The molecule has 31 heavy (non-hydrogen) atoms. The summed E-state index contributed by atoms with van der Waals surface area (Å²) >= 11 is 0. The number of rotatable bonds is 10. The summed E-state index contributed by atoms with van der Waals surface area (Å²) in [4.78, 5) is 4.65. The fourth-order valence-electron chi connectivity index (χ4n) is 4.59. The molecular weight excluding hydrogens is 388 g/mol. The second-order valence-electron chi connectivity index (χ2n) is 8.64. The number of fused-ring (bicyclic) bond motifs is 1. The van der Waals surface area contributed by atoms with E-state index in [9.17, 15) is 0 Å². The first-order valence-corrected chi connectivity index (χ1v) is 11.7. The number of aryl methyl sites for hydroxylation is 1. The molecule has 3 heterocycles. The molecule has 4 rings (SSSR count). The monoisotopic (exact) mass is 423 g/mol. The first-order chi connectivity index (χ1) is 15.2. The second kappa shape index (κ2) is 9.98. The van der Waals surface area contributed by atoms with E-state index in [0.717, 1.165) is 31.5 Å². The summed E-state index contributed by atoms with van der Waals surface area (Å²) in [6.45, 7) is 4.15. The normalized spacial score (nSPS) is 16.4. The number of nitrogens with two attached hydrogens (primary N) is 2. The summed E-state index contributed by atoms with van der Waals surface area (Å²) in [5.41, 5.74) is 13.8. The van der Waals surface area contributed by atoms with Crippen molar-refractivity contribution in [2.75, 3.05) is 6.54 Å². The third kappa shape index (κ3) is 4.92. The predicted octanol–water partition coefficient (Wildman–Crippen LogP) is 4.56. The van der Waals surface area contributed by atoms with Crippen molar-refractivity contribution < 1.29 is 9.10 Å². The van der Waals surface area contributed by atoms with Gasteiger partial charge in [-0.1, -0.05) is 50.6 Å². The lowest BCUT2D eigenvalue weighted by Crippen LogP contribution is -2.35. The maximum Gasteiger partial charge on any atom is 0.341 e. The van der Waals surface area contributed by atoms with Gasteiger partial charge in [0.1, 0.15) is 0 Å². The van der Waals surface area contributed by atoms with Crippen LogP contribution in [0.3, 0.4) is 0 Å². The van der Waals surface area contributed by atoms with E-state index in [0.29, 0.717) is 17.7 Å². The van der Waals surface area contributed by atoms with Crippen LogP contribution in [0, 0.1) is 0 Å². The maximum atomic E-state index is 5.81. The predicted molar refractivity (Wildman–Crippen MR) is 124 cm³/mol. The highest BCUT2D eigenvalue weighted by Crippen LogP contribution is 2.30. The highest BCUT2D eigenvalue weighted by Gasteiger charge is 2.31. The van der Waals surface area contributed by atoms with Gasteiger partial charge in [0.25, 0.3) is 5.89 Å². The van der Waals surface area contributed by atoms with Gasteiger partial charge in [0.15, 0.2) is 6.04 Å². The minimum absolute atomic E-state index is 0.0296. The fourth-order valence-corrected chi connectivity index (χ4v) is 4.59. The number of hydrogen-bond acceptors (Lipinski definition) is 3. The Bertz CT molecular complexity index is 1030. The van der Waals surface area contributed by atoms with Crippen LogP contribution in [0.4, 0.5) is 0 Å². The van der Waals surface area contributed by atoms with Gasteiger partial charge < -0.3 is 9.09 Å². The number of nitrogens with zero attached hydrogens (tertiary/aromatic N) is 4. The quantitative estimate of drug-likeness (QED) is 0.283. The van der Waals surface area contributed by atoms with E-state index in [-0.39, 0.29) is 6.04 Å². The Kier molecular flexibility index (Phi) is 6.89. The van der Waals surface area contributed by atoms with Gasteiger partial charge in [-0.2, -0.15) is 4.98 Å². The molecule has 1 aliphatic rings. The highest BCUT2D eigenvalue weighted by atomic mass is 16.5. The van der Waals surface area contributed by atoms with Crippen molar-refractivity contribution in [1.82, 2.24) is 14.7 Å². The molecule has 1 atom stereocenters. The minimum atomic E-state index is -0.0296. The van der Waals surface area contributed by atoms with Gasteiger partial charge >= 0.3 is 5.96 Å². The summed E-state index contributed by atoms with van der Waals surface area (Å²) < 4.78 is 9.85. The molecule has 0 unspecified atom stereocenters. The molecule has 7 heteroatoms. The van der Waals surface area contributed by atoms with E-state index in [2.05, 4.69) is 52.1 Å². The topological polar surface area (TPSA) is 98.9 Å². The van der Waals surface area contributed by atoms with Crippen LogP contribution in [-0.2, 0) is 6.54 Å². The van der Waals surface area contributed by atoms with Crippen LogP contribution in [0.1, 0.15) is 76.6 Å². The average Bonchev–Trinajstić information content (AvgIpc) is 3.51. The second-order valence-corrected chi connectivity index (χ2v) is 8.64. The third-order valence-corrected chi connectivity index (χ3v) is 6.34. The van der Waals surface area contributed by atoms with Crippen LogP contribution < -0.4 is 11.5 Å². The molecule has 1 saturated heterocycles. The summed E-state index contributed by atoms with van der Waals surface area (Å²) in [5.74, 6) is 1.50. The summed E-state index contributed by atoms with van der Waals surface area (Å²) in [6, 6.07) is 8.52. The molecule has 4 N–H and O–H groups in total. The molecule has 0 radical (unpaired) electrons. The van der Waals surface area contributed by atoms with E-state index in [1.54, 1.807) is 0 Å². The van der Waals surface area contributed by atoms with E-state index < -0.39 is 0 Å². The van der Waals surface area contributed by atoms with Gasteiger partial charge in [-0.25, -0.2) is 0 Å². The molecule has 1 aliphatic heterocycles. The van der Waals surface area contributed by atoms with Gasteiger partial charge in [0.05, 0.1) is 6.54 Å². The van der Waals surface area contributed by atoms with Crippen molar-refractivity contribution in [3.05, 3.63) is 36.4 Å². The summed E-state index contributed by atoms with van der Waals surface area (Å²) in [7, 11) is 0. The molecule has 0 bridgehead atoms. The molecule has 0 aliphatic carbocycles. The van der Waals surface area contributed by atoms with Crippen molar-refractivity contribution in [2.24, 2.45) is 11.5 Å². The standard InChI is InChI=1S/C24H34N6O/c1-2-3-4-5-6-7-8-14-29-16-13-18-17-19(11-12-20(18)29)22-27-23(31-28-22)21-10-9-15-30(21)24(25)26/h11-13,16-17,21H,2-10,14-15H2,1H3,(H3,25,26)/p+1/t21-/m0/s1. The highest BCUT2D eigenvalue weighted by molar-refractivity contribution is 5.84. The number of benzene rings is 1. The van der Waals surface area contributed by atoms with Crippen LogP contribution in [0.25, 0.3) is 22.3 Å². The van der Waals surface area contributed by atoms with Crippen LogP contribution in [0.5, 0.6) is 0 Å². The van der Waals surface area contributed by atoms with E-state index in [4.69, 9.17) is 16.0 Å². The molecule has 0 spiro atoms. The lowest BCUT2D eigenvalue weighted by molar-refractivity contribution is -0.555. The average molecular weight is 424 g/mol. The summed E-state index contributed by atoms with van der Waals surface area (Å²) in [5, 5.41) is 5.42. The van der Waals surface area contributed by atoms with Gasteiger partial charge in [0.2, 0.25) is 5.82 Å². The number of unbranched alkanes of at least 4 members (excludes halogenated alkanes) is 6. The first-order valence-electron chi connectivity index (χ1n) is 11.7. The van der Waals surface area contributed by atoms with Gasteiger partial charge in [-0.15, -0.1) is 0 Å². The Hall–Kier alpha value is -2.83. The zero-order valence-corrected chi connectivity index (χ0v) is 18.6. The van der Waals surface area contributed by atoms with Gasteiger partial charge in [-0.05, 0) is 43.5 Å². The lowest BCUT2D eigenvalue weighted by atomic mass is 10.1. The van der Waals surface area contributed by atoms with E-state index in [1.165, 1.54) is 55.8 Å². The van der Waals surface area contributed by atoms with E-state index >= 15 is 0 Å². The van der Waals surface area contributed by atoms with Crippen molar-refractivity contribution in [3.8, 4) is 11.4 Å². The Morgan fingerprint density at radius 2 is 1.94 bits per heavy atom. The number of guanidine groups is 1. The zero-order chi connectivity index (χ0) is 21.6. The van der Waals surface area contributed by atoms with Gasteiger partial charge in [0, 0.05) is 29.2 Å². The van der Waals surface area contributed by atoms with Crippen LogP contribution in [-0.4, -0.2) is 31.8 Å². The molecule has 166 valence electrons. The Labute approximate surface area is 184 Å². The smallest absolute Gasteiger partial charge is 0.341 e. The van der Waals surface area contributed by atoms with Crippen molar-refractivity contribution >= 4 is 16.9 Å². The van der Waals surface area contributed by atoms with E-state index in [1.807, 2.05) is 4.58 Å². The van der Waals surface area contributed by atoms with Crippen LogP contribution >= 0.6 is 0 Å². The lowest BCUT2D eigenvalue weighted by Gasteiger charge is -2.07. The Morgan fingerprint density at radius 3 is 2.74 bits per heavy atom. The minimum Gasteiger partial charge on any atom is -0.347 e. The first kappa shape index (κ1) is 21.4. The fraction of sp³-hybridized carbons (Fsp3) is 0.542. The van der Waals surface area contributed by atoms with Crippen LogP contribution in [0.15, 0.2) is 35.0 Å². The third-order valence-electron chi connectivity index (χ3n) is 6.34. The molecule has 1 aromatic carbocycles. The van der Waals surface area contributed by atoms with Crippen molar-refractivity contribution in [3.63, 3.8) is 0 Å². The van der Waals surface area contributed by atoms with Gasteiger partial charge in [-0.3, -0.25) is 16.0 Å². The molecule has 0 saturated carbocycles. The van der Waals surface area contributed by atoms with Crippen molar-refractivity contribution in [2.45, 2.75) is 77.3 Å². The number of hydrogen-bond donors (Lipinski definition) is 2. The molecule has 1 fully saturated rings. The summed E-state index contributed by atoms with van der Waals surface area (Å²) in [6.07, 6.45) is 13.4. The molecular formula is C24H35N6O+. The molecule has 3 aromatic rings. The molecule has 7 nitrogen and oxygen atoms in total. The van der Waals surface area contributed by atoms with Crippen LogP contribution in [0.2, 0.25) is 0 Å². The largest absolute Gasteiger partial charge is 0.347 e. The van der Waals surface area contributed by atoms with Crippen molar-refractivity contribution in [1.29, 1.82) is 0 Å². The SMILES string of the molecule is CCCCCCCCCn1ccc2cc(-c3noc([C@@H]4CCC[N+]4=C(N)N)n3)ccc21. The zero-order valence-electron chi connectivity index (χ0n) is 18.6. The molecule has 2 aromatic heterocycles.